The Hall–Kier alpha value is 2.49. The van der Waals surface area contributed by atoms with Crippen molar-refractivity contribution >= 4 is 52.9 Å². The van der Waals surface area contributed by atoms with Crippen molar-refractivity contribution in [3.05, 3.63) is 0 Å². The van der Waals surface area contributed by atoms with Crippen LogP contribution in [0.25, 0.3) is 0 Å². The van der Waals surface area contributed by atoms with Crippen molar-refractivity contribution < 1.29 is 144 Å². The van der Waals surface area contributed by atoms with E-state index in [4.69, 9.17) is 19.8 Å². The van der Waals surface area contributed by atoms with Gasteiger partial charge in [0.1, 0.15) is 45.6 Å². The normalized spacial score (nSPS) is 12.1. The number of aliphatic hydroxyl groups is 1. The van der Waals surface area contributed by atoms with Crippen LogP contribution in [0.15, 0.2) is 0 Å². The molecule has 1 radical (unpaired) electrons. The quantitative estimate of drug-likeness (QED) is 0.0383. The van der Waals surface area contributed by atoms with Gasteiger partial charge in [0.15, 0.2) is 0 Å². The molecule has 0 aliphatic heterocycles. The van der Waals surface area contributed by atoms with Crippen LogP contribution >= 0.6 is 52.9 Å². The molecule has 0 spiro atoms. The summed E-state index contributed by atoms with van der Waals surface area (Å²) in [6.07, 6.45) is 35.8. The standard InChI is InChI=1S/2C6H14.2C5H13O3P.4C5H12.2C4H11O3P.C4H10.C3H9O2P.9C2H6.2CH5O3P.CH4O.Ac/c2*1-3-5-6-4-2;2*1-3-4-5-9(6,7)8-2;4*1-3-5-4-2;1-3-4-8(5,6)7-2;1-2-3-4-8(5,6)7;1-3-4-2;1-3-6(2,4)5;9*1-2;2*1-5(2,3)4;1-2;/h2*3-6H2,1-2H3;2*3-5H2,1-2H3,(H,6,7);4*3-5H2,1-2H3;3-4H2,1-2H3,(H,5,6);2-4H2,1H3,(H2,5,6,7);3-4H2,1-2H3;3H2,1-2H3,(H,4,5);9*1-2H3;2*1H3,(H2,2,3,4);2H,1H3;/p-7. The maximum Gasteiger partial charge on any atom is 0.134 e. The first-order valence-corrected chi connectivity index (χ1v) is 55.0. The smallest absolute Gasteiger partial charge is 0.134 e. The Morgan fingerprint density at radius 1 is 0.234 bits per heavy atom. The topological polar surface area (TPSA) is 390 Å². The third-order valence-electron chi connectivity index (χ3n) is 9.51. The first-order chi connectivity index (χ1) is 49.4. The molecule has 0 heterocycles. The molecular formula is C78H204AcO21P7-7. The van der Waals surface area contributed by atoms with Gasteiger partial charge in [-0.25, -0.2) is 0 Å². The van der Waals surface area contributed by atoms with Gasteiger partial charge >= 0.3 is 0 Å². The second kappa shape index (κ2) is 189. The second-order valence-corrected chi connectivity index (χ2v) is 33.4. The van der Waals surface area contributed by atoms with Gasteiger partial charge in [-0.05, 0) is 38.5 Å². The minimum Gasteiger partial charge on any atom is -0.799 e. The van der Waals surface area contributed by atoms with E-state index in [0.29, 0.717) is 25.7 Å². The van der Waals surface area contributed by atoms with E-state index >= 15 is 0 Å². The molecule has 0 fully saturated rings. The van der Waals surface area contributed by atoms with E-state index in [1.807, 2.05) is 145 Å². The van der Waals surface area contributed by atoms with Gasteiger partial charge in [0.05, 0.1) is 0 Å². The molecule has 0 saturated carbocycles. The molecule has 0 amide bonds. The number of hydrogen-bond acceptors (Lipinski definition) is 18. The van der Waals surface area contributed by atoms with Gasteiger partial charge in [0.2, 0.25) is 0 Å². The summed E-state index contributed by atoms with van der Waals surface area (Å²) in [4.78, 5) is 93.2. The summed E-state index contributed by atoms with van der Waals surface area (Å²) >= 11 is 0. The zero-order valence-electron chi connectivity index (χ0n) is 80.5. The molecule has 0 rings (SSSR count). The van der Waals surface area contributed by atoms with Crippen molar-refractivity contribution in [1.29, 1.82) is 0 Å². The SMILES string of the molecule is CC.CC.CC.CC.CC.CC.CC.CC.CC.CCCC.CCCCC.CCCCC.CCCCC.CCCCC.CCCCCC.CCCCCC.CCCCP(=O)([O-])O.CCCCP(=O)([O-])OC.CCCCP(=O)([O-])OC.CCCP(=O)([O-])OC.CCP(C)(=O)[O-].CO.CP(=O)([O-])O.CP(=O)([O-])O.[Ac]. The maximum absolute atomic E-state index is 10.6. The van der Waals surface area contributed by atoms with Gasteiger partial charge in [0, 0.05) is 118 Å². The molecule has 0 aliphatic carbocycles. The molecule has 7 unspecified atom stereocenters. The van der Waals surface area contributed by atoms with Gasteiger partial charge in [-0.2, -0.15) is 0 Å². The molecule has 0 saturated heterocycles. The molecule has 4 N–H and O–H groups in total. The summed E-state index contributed by atoms with van der Waals surface area (Å²) in [6, 6.07) is 0. The molecule has 0 aromatic carbocycles. The summed E-state index contributed by atoms with van der Waals surface area (Å²) in [7, 11) is -20.3. The summed E-state index contributed by atoms with van der Waals surface area (Å²) in [6.45, 7) is 78.9. The molecule has 0 aromatic rings. The summed E-state index contributed by atoms with van der Waals surface area (Å²) in [5.74, 6) is 0. The summed E-state index contributed by atoms with van der Waals surface area (Å²) in [5.41, 5.74) is 0. The summed E-state index contributed by atoms with van der Waals surface area (Å²) in [5, 5.41) is 7.00. The fourth-order valence-electron chi connectivity index (χ4n) is 4.02. The Morgan fingerprint density at radius 3 is 0.411 bits per heavy atom. The number of rotatable bonds is 30. The molecule has 0 aromatic heterocycles. The van der Waals surface area contributed by atoms with Crippen molar-refractivity contribution in [2.75, 3.05) is 79.2 Å². The summed E-state index contributed by atoms with van der Waals surface area (Å²) < 4.78 is 82.6. The zero-order chi connectivity index (χ0) is 91.7. The third-order valence-corrected chi connectivity index (χ3v) is 15.9. The van der Waals surface area contributed by atoms with Crippen molar-refractivity contribution in [3.63, 3.8) is 0 Å². The molecule has 21 nitrogen and oxygen atoms in total. The van der Waals surface area contributed by atoms with E-state index in [1.54, 1.807) is 13.8 Å². The number of unbranched alkanes of at least 4 members (excludes halogenated alkanes) is 18. The fourth-order valence-corrected chi connectivity index (χ4v) is 7.24. The predicted octanol–water partition coefficient (Wildman–Crippen LogP) is 26.1. The van der Waals surface area contributed by atoms with Crippen LogP contribution in [0.4, 0.5) is 0 Å². The van der Waals surface area contributed by atoms with Crippen LogP contribution in [0.1, 0.15) is 442 Å². The van der Waals surface area contributed by atoms with Gasteiger partial charge in [-0.3, -0.25) is 0 Å². The molecule has 7 atom stereocenters. The first kappa shape index (κ1) is 181. The van der Waals surface area contributed by atoms with Crippen molar-refractivity contribution in [2.45, 2.75) is 442 Å². The number of aliphatic hydroxyl groups excluding tert-OH is 1. The Labute approximate surface area is 712 Å². The first-order valence-electron chi connectivity index (χ1n) is 41.7. The number of hydrogen-bond donors (Lipinski definition) is 4. The Bertz CT molecular complexity index is 1380. The van der Waals surface area contributed by atoms with E-state index in [0.717, 1.165) is 39.7 Å². The van der Waals surface area contributed by atoms with Crippen LogP contribution in [-0.2, 0) is 45.5 Å². The van der Waals surface area contributed by atoms with Gasteiger partial charge in [0.25, 0.3) is 0 Å². The second-order valence-electron chi connectivity index (χ2n) is 19.7. The van der Waals surface area contributed by atoms with Gasteiger partial charge < -0.3 is 99.6 Å². The monoisotopic (exact) mass is 1920 g/mol. The van der Waals surface area contributed by atoms with E-state index in [2.05, 4.69) is 111 Å². The van der Waals surface area contributed by atoms with Crippen LogP contribution in [-0.4, -0.2) is 99.0 Å². The molecule has 687 valence electrons. The van der Waals surface area contributed by atoms with E-state index in [9.17, 15) is 66.2 Å². The molecule has 107 heavy (non-hydrogen) atoms. The predicted molar refractivity (Wildman–Crippen MR) is 475 cm³/mol. The van der Waals surface area contributed by atoms with E-state index in [1.165, 1.54) is 169 Å². The molecule has 0 aliphatic rings. The van der Waals surface area contributed by atoms with E-state index in [-0.39, 0.29) is 74.9 Å². The van der Waals surface area contributed by atoms with Crippen LogP contribution in [0.2, 0.25) is 0 Å². The van der Waals surface area contributed by atoms with Crippen LogP contribution in [0, 0.1) is 44.1 Å². The van der Waals surface area contributed by atoms with Crippen LogP contribution in [0.3, 0.4) is 0 Å². The van der Waals surface area contributed by atoms with Crippen molar-refractivity contribution in [2.24, 2.45) is 0 Å². The van der Waals surface area contributed by atoms with Gasteiger partial charge in [-0.15, -0.1) is 0 Å². The van der Waals surface area contributed by atoms with Gasteiger partial charge in [-0.1, -0.05) is 417 Å². The van der Waals surface area contributed by atoms with Crippen molar-refractivity contribution in [3.8, 4) is 0 Å². The van der Waals surface area contributed by atoms with Crippen LogP contribution in [0.5, 0.6) is 0 Å². The fraction of sp³-hybridized carbons (Fsp3) is 1.00. The minimum atomic E-state index is -3.93. The van der Waals surface area contributed by atoms with Crippen molar-refractivity contribution in [1.82, 2.24) is 0 Å². The zero-order valence-corrected chi connectivity index (χ0v) is 91.5. The average molecular weight is 1920 g/mol. The molecule has 29 heteroatoms. The average Bonchev–Trinajstić information content (AvgIpc) is 1.00. The molecular weight excluding hydrogens is 1720 g/mol. The minimum absolute atomic E-state index is 0. The van der Waals surface area contributed by atoms with Crippen LogP contribution < -0.4 is 34.3 Å². The Morgan fingerprint density at radius 2 is 0.355 bits per heavy atom. The Balaban J connectivity index is -0.0000000290. The third kappa shape index (κ3) is 523. The Kier molecular flexibility index (Phi) is 318. The maximum atomic E-state index is 10.6. The molecule has 0 bridgehead atoms. The van der Waals surface area contributed by atoms with E-state index < -0.39 is 52.9 Å². The largest absolute Gasteiger partial charge is 0.799 e.